The van der Waals surface area contributed by atoms with Gasteiger partial charge in [-0.3, -0.25) is 0 Å². The van der Waals surface area contributed by atoms with E-state index < -0.39 is 0 Å². The second-order valence-electron chi connectivity index (χ2n) is 3.57. The van der Waals surface area contributed by atoms with Crippen molar-refractivity contribution in [3.05, 3.63) is 18.5 Å². The molecule has 18 heavy (non-hydrogen) atoms. The molecule has 0 aliphatic heterocycles. The zero-order valence-electron chi connectivity index (χ0n) is 10.9. The van der Waals surface area contributed by atoms with Crippen molar-refractivity contribution in [2.45, 2.75) is 13.3 Å². The van der Waals surface area contributed by atoms with E-state index in [9.17, 15) is 0 Å². The van der Waals surface area contributed by atoms with Gasteiger partial charge in [-0.2, -0.15) is 4.98 Å². The average molecular weight is 252 g/mol. The predicted molar refractivity (Wildman–Crippen MR) is 71.9 cm³/mol. The van der Waals surface area contributed by atoms with E-state index in [1.165, 1.54) is 0 Å². The van der Waals surface area contributed by atoms with E-state index in [0.717, 1.165) is 0 Å². The second kappa shape index (κ2) is 7.50. The van der Waals surface area contributed by atoms with E-state index in [1.54, 1.807) is 13.2 Å². The van der Waals surface area contributed by atoms with Crippen LogP contribution in [-0.4, -0.2) is 36.8 Å². The maximum Gasteiger partial charge on any atom is 0.242 e. The van der Waals surface area contributed by atoms with Gasteiger partial charge in [-0.1, -0.05) is 13.0 Å². The minimum Gasteiger partial charge on any atom is -0.474 e. The first-order valence-corrected chi connectivity index (χ1v) is 5.85. The molecule has 1 heterocycles. The summed E-state index contributed by atoms with van der Waals surface area (Å²) in [5.74, 6) is 1.66. The summed E-state index contributed by atoms with van der Waals surface area (Å²) in [5.41, 5.74) is 6.35. The molecule has 0 atom stereocenters. The highest BCUT2D eigenvalue weighted by Crippen LogP contribution is 2.26. The molecule has 1 aromatic rings. The number of nitrogens with zero attached hydrogens (tertiary/aromatic N) is 2. The normalized spacial score (nSPS) is 10.1. The third kappa shape index (κ3) is 3.89. The summed E-state index contributed by atoms with van der Waals surface area (Å²) >= 11 is 0. The fourth-order valence-electron chi connectivity index (χ4n) is 1.29. The van der Waals surface area contributed by atoms with Gasteiger partial charge in [0.2, 0.25) is 5.88 Å². The Morgan fingerprint density at radius 3 is 2.78 bits per heavy atom. The minimum absolute atomic E-state index is 0.394. The molecule has 0 unspecified atom stereocenters. The number of hydrogen-bond acceptors (Lipinski definition) is 6. The molecule has 3 N–H and O–H groups in total. The Morgan fingerprint density at radius 1 is 1.39 bits per heavy atom. The monoisotopic (exact) mass is 252 g/mol. The van der Waals surface area contributed by atoms with Crippen LogP contribution in [0.4, 0.5) is 11.5 Å². The molecule has 0 radical (unpaired) electrons. The van der Waals surface area contributed by atoms with Gasteiger partial charge < -0.3 is 20.5 Å². The molecule has 1 rings (SSSR count). The van der Waals surface area contributed by atoms with E-state index in [1.807, 2.05) is 6.92 Å². The zero-order valence-corrected chi connectivity index (χ0v) is 10.9. The molecule has 1 aromatic heterocycles. The maximum absolute atomic E-state index is 5.94. The fourth-order valence-corrected chi connectivity index (χ4v) is 1.29. The lowest BCUT2D eigenvalue weighted by molar-refractivity contribution is 0.144. The van der Waals surface area contributed by atoms with Gasteiger partial charge in [0.15, 0.2) is 5.82 Å². The molecule has 0 aliphatic rings. The highest BCUT2D eigenvalue weighted by molar-refractivity contribution is 5.67. The SMILES string of the molecule is C=CCNc1nc(CC)nc(OCCOC)c1N. The van der Waals surface area contributed by atoms with Crippen LogP contribution in [0.2, 0.25) is 0 Å². The van der Waals surface area contributed by atoms with Crippen LogP contribution in [0, 0.1) is 0 Å². The Bertz CT molecular complexity index is 396. The molecule has 0 fully saturated rings. The van der Waals surface area contributed by atoms with Crippen molar-refractivity contribution in [1.29, 1.82) is 0 Å². The van der Waals surface area contributed by atoms with Crippen LogP contribution in [0.5, 0.6) is 5.88 Å². The number of hydrogen-bond donors (Lipinski definition) is 2. The molecule has 0 aromatic carbocycles. The first-order chi connectivity index (χ1) is 8.72. The van der Waals surface area contributed by atoms with Gasteiger partial charge in [-0.15, -0.1) is 6.58 Å². The largest absolute Gasteiger partial charge is 0.474 e. The van der Waals surface area contributed by atoms with Crippen molar-refractivity contribution in [3.63, 3.8) is 0 Å². The summed E-state index contributed by atoms with van der Waals surface area (Å²) < 4.78 is 10.4. The predicted octanol–water partition coefficient (Wildman–Crippen LogP) is 1.24. The number of nitrogens with two attached hydrogens (primary N) is 1. The van der Waals surface area contributed by atoms with Crippen LogP contribution in [0.3, 0.4) is 0 Å². The molecule has 0 saturated carbocycles. The van der Waals surface area contributed by atoms with Gasteiger partial charge in [-0.05, 0) is 0 Å². The van der Waals surface area contributed by atoms with Crippen LogP contribution in [-0.2, 0) is 11.2 Å². The lowest BCUT2D eigenvalue weighted by Gasteiger charge is -2.12. The van der Waals surface area contributed by atoms with Gasteiger partial charge in [0.25, 0.3) is 0 Å². The summed E-state index contributed by atoms with van der Waals surface area (Å²) in [6, 6.07) is 0. The molecular formula is C12H20N4O2. The number of methoxy groups -OCH3 is 1. The number of aryl methyl sites for hydroxylation is 1. The number of rotatable bonds is 8. The number of nitrogens with one attached hydrogen (secondary N) is 1. The third-order valence-corrected chi connectivity index (χ3v) is 2.21. The third-order valence-electron chi connectivity index (χ3n) is 2.21. The zero-order chi connectivity index (χ0) is 13.4. The molecule has 6 nitrogen and oxygen atoms in total. The fraction of sp³-hybridized carbons (Fsp3) is 0.500. The van der Waals surface area contributed by atoms with Crippen molar-refractivity contribution >= 4 is 11.5 Å². The molecule has 0 bridgehead atoms. The molecule has 0 saturated heterocycles. The molecular weight excluding hydrogens is 232 g/mol. The number of aromatic nitrogens is 2. The average Bonchev–Trinajstić information content (AvgIpc) is 2.39. The summed E-state index contributed by atoms with van der Waals surface area (Å²) in [6.45, 7) is 7.09. The van der Waals surface area contributed by atoms with Crippen molar-refractivity contribution in [2.75, 3.05) is 37.9 Å². The van der Waals surface area contributed by atoms with E-state index in [2.05, 4.69) is 21.9 Å². The van der Waals surface area contributed by atoms with Gasteiger partial charge in [0.1, 0.15) is 18.1 Å². The Balaban J connectivity index is 2.89. The van der Waals surface area contributed by atoms with E-state index >= 15 is 0 Å². The topological polar surface area (TPSA) is 82.3 Å². The van der Waals surface area contributed by atoms with Gasteiger partial charge in [0.05, 0.1) is 6.61 Å². The molecule has 6 heteroatoms. The van der Waals surface area contributed by atoms with Crippen LogP contribution in [0.25, 0.3) is 0 Å². The highest BCUT2D eigenvalue weighted by Gasteiger charge is 2.11. The molecule has 0 spiro atoms. The highest BCUT2D eigenvalue weighted by atomic mass is 16.5. The second-order valence-corrected chi connectivity index (χ2v) is 3.57. The van der Waals surface area contributed by atoms with Crippen molar-refractivity contribution in [3.8, 4) is 5.88 Å². The minimum atomic E-state index is 0.394. The van der Waals surface area contributed by atoms with Crippen molar-refractivity contribution in [1.82, 2.24) is 9.97 Å². The summed E-state index contributed by atoms with van der Waals surface area (Å²) in [4.78, 5) is 8.56. The summed E-state index contributed by atoms with van der Waals surface area (Å²) in [5, 5.41) is 3.06. The van der Waals surface area contributed by atoms with Crippen LogP contribution >= 0.6 is 0 Å². The Morgan fingerprint density at radius 2 is 2.17 bits per heavy atom. The maximum atomic E-state index is 5.94. The molecule has 0 aliphatic carbocycles. The van der Waals surface area contributed by atoms with Crippen LogP contribution < -0.4 is 15.8 Å². The Labute approximate surface area is 107 Å². The lowest BCUT2D eigenvalue weighted by Crippen LogP contribution is -2.12. The molecule has 100 valence electrons. The first kappa shape index (κ1) is 14.2. The lowest BCUT2D eigenvalue weighted by atomic mass is 10.4. The van der Waals surface area contributed by atoms with Crippen molar-refractivity contribution < 1.29 is 9.47 Å². The smallest absolute Gasteiger partial charge is 0.242 e. The van der Waals surface area contributed by atoms with E-state index in [0.29, 0.717) is 49.4 Å². The van der Waals surface area contributed by atoms with Crippen LogP contribution in [0.15, 0.2) is 12.7 Å². The van der Waals surface area contributed by atoms with E-state index in [4.69, 9.17) is 15.2 Å². The number of anilines is 2. The quantitative estimate of drug-likeness (QED) is 0.535. The standard InChI is InChI=1S/C12H20N4O2/c1-4-6-14-11-10(13)12(18-8-7-17-3)16-9(5-2)15-11/h4H,1,5-8,13H2,2-3H3,(H,14,15,16). The molecule has 0 amide bonds. The first-order valence-electron chi connectivity index (χ1n) is 5.85. The Hall–Kier alpha value is -1.82. The van der Waals surface area contributed by atoms with Crippen LogP contribution in [0.1, 0.15) is 12.7 Å². The number of ether oxygens (including phenoxy) is 2. The summed E-state index contributed by atoms with van der Waals surface area (Å²) in [7, 11) is 1.61. The van der Waals surface area contributed by atoms with Gasteiger partial charge in [-0.25, -0.2) is 4.98 Å². The summed E-state index contributed by atoms with van der Waals surface area (Å²) in [6.07, 6.45) is 2.45. The van der Waals surface area contributed by atoms with E-state index in [-0.39, 0.29) is 0 Å². The van der Waals surface area contributed by atoms with Crippen molar-refractivity contribution in [2.24, 2.45) is 0 Å². The van der Waals surface area contributed by atoms with Gasteiger partial charge in [0, 0.05) is 20.1 Å². The number of nitrogen functional groups attached to an aromatic ring is 1. The van der Waals surface area contributed by atoms with Gasteiger partial charge >= 0.3 is 0 Å². The Kier molecular flexibility index (Phi) is 5.93.